The average molecular weight is 338 g/mol. The molecule has 0 aliphatic rings. The minimum atomic E-state index is -2.52. The van der Waals surface area contributed by atoms with E-state index in [2.05, 4.69) is 0 Å². The van der Waals surface area contributed by atoms with E-state index >= 15 is 0 Å². The molecule has 2 N–H and O–H groups in total. The maximum absolute atomic E-state index is 11.3. The summed E-state index contributed by atoms with van der Waals surface area (Å²) in [6.45, 7) is 11.5. The lowest BCUT2D eigenvalue weighted by Gasteiger charge is -2.28. The van der Waals surface area contributed by atoms with E-state index in [1.165, 1.54) is 0 Å². The first kappa shape index (κ1) is 20.9. The van der Waals surface area contributed by atoms with Crippen molar-refractivity contribution in [3.8, 4) is 0 Å². The number of carbonyl (C=O) groups excluding carboxylic acids is 1. The van der Waals surface area contributed by atoms with Crippen molar-refractivity contribution >= 4 is 26.5 Å². The molecule has 126 valence electrons. The highest BCUT2D eigenvalue weighted by molar-refractivity contribution is 7.99. The van der Waals surface area contributed by atoms with Crippen molar-refractivity contribution in [1.82, 2.24) is 0 Å². The monoisotopic (exact) mass is 337 g/mol. The second-order valence-electron chi connectivity index (χ2n) is 5.39. The number of carbonyl (C=O) groups is 1. The minimum Gasteiger partial charge on any atom is -0.374 e. The molecule has 0 fully saturated rings. The SMILES string of the molecule is CCO[Si](CCCSCC(C)(C)C(N)=O)(OCC)OCC. The van der Waals surface area contributed by atoms with Gasteiger partial charge >= 0.3 is 8.80 Å². The highest BCUT2D eigenvalue weighted by atomic mass is 32.2. The minimum absolute atomic E-state index is 0.253. The van der Waals surface area contributed by atoms with Crippen LogP contribution in [0.4, 0.5) is 0 Å². The van der Waals surface area contributed by atoms with Gasteiger partial charge in [-0.05, 0) is 32.9 Å². The molecule has 0 heterocycles. The molecule has 5 nitrogen and oxygen atoms in total. The number of amides is 1. The van der Waals surface area contributed by atoms with E-state index in [1.807, 2.05) is 34.6 Å². The molecule has 0 spiro atoms. The van der Waals surface area contributed by atoms with E-state index in [1.54, 1.807) is 11.8 Å². The molecule has 0 aliphatic carbocycles. The van der Waals surface area contributed by atoms with Gasteiger partial charge in [-0.15, -0.1) is 0 Å². The van der Waals surface area contributed by atoms with Crippen molar-refractivity contribution < 1.29 is 18.1 Å². The molecule has 0 aromatic heterocycles. The number of thioether (sulfide) groups is 1. The largest absolute Gasteiger partial charge is 0.500 e. The molecule has 0 unspecified atom stereocenters. The molecule has 0 saturated heterocycles. The van der Waals surface area contributed by atoms with Crippen LogP contribution in [-0.2, 0) is 18.1 Å². The zero-order chi connectivity index (χ0) is 16.4. The Balaban J connectivity index is 4.22. The van der Waals surface area contributed by atoms with E-state index in [-0.39, 0.29) is 5.91 Å². The van der Waals surface area contributed by atoms with Crippen LogP contribution in [0, 0.1) is 5.41 Å². The third kappa shape index (κ3) is 8.20. The van der Waals surface area contributed by atoms with Gasteiger partial charge in [0.1, 0.15) is 0 Å². The predicted molar refractivity (Wildman–Crippen MR) is 90.4 cm³/mol. The molecule has 0 aliphatic heterocycles. The lowest BCUT2D eigenvalue weighted by atomic mass is 9.96. The van der Waals surface area contributed by atoms with Gasteiger partial charge in [-0.3, -0.25) is 4.79 Å². The Morgan fingerprint density at radius 1 is 1.10 bits per heavy atom. The van der Waals surface area contributed by atoms with Crippen molar-refractivity contribution in [2.45, 2.75) is 47.1 Å². The summed E-state index contributed by atoms with van der Waals surface area (Å²) >= 11 is 1.74. The Morgan fingerprint density at radius 2 is 1.57 bits per heavy atom. The van der Waals surface area contributed by atoms with Crippen molar-refractivity contribution in [2.24, 2.45) is 11.1 Å². The van der Waals surface area contributed by atoms with E-state index in [9.17, 15) is 4.79 Å². The van der Waals surface area contributed by atoms with Gasteiger partial charge in [0, 0.05) is 31.6 Å². The smallest absolute Gasteiger partial charge is 0.374 e. The molecule has 0 aromatic carbocycles. The summed E-state index contributed by atoms with van der Waals surface area (Å²) in [6, 6.07) is 0.812. The first-order valence-electron chi connectivity index (χ1n) is 7.63. The fraction of sp³-hybridized carbons (Fsp3) is 0.929. The summed E-state index contributed by atoms with van der Waals surface area (Å²) in [4.78, 5) is 11.3. The summed E-state index contributed by atoms with van der Waals surface area (Å²) in [5.41, 5.74) is 4.91. The summed E-state index contributed by atoms with van der Waals surface area (Å²) in [6.07, 6.45) is 0.950. The van der Waals surface area contributed by atoms with Gasteiger partial charge in [-0.1, -0.05) is 13.8 Å². The maximum Gasteiger partial charge on any atom is 0.500 e. The summed E-state index contributed by atoms with van der Waals surface area (Å²) in [5, 5.41) is 0. The number of hydrogen-bond donors (Lipinski definition) is 1. The summed E-state index contributed by atoms with van der Waals surface area (Å²) in [5.74, 6) is 1.42. The molecule has 0 radical (unpaired) electrons. The molecule has 0 bridgehead atoms. The van der Waals surface area contributed by atoms with Gasteiger partial charge in [-0.2, -0.15) is 11.8 Å². The van der Waals surface area contributed by atoms with Crippen LogP contribution in [0.15, 0.2) is 0 Å². The van der Waals surface area contributed by atoms with E-state index in [0.717, 1.165) is 24.0 Å². The number of hydrogen-bond acceptors (Lipinski definition) is 5. The molecule has 0 aromatic rings. The predicted octanol–water partition coefficient (Wildman–Crippen LogP) is 2.67. The third-order valence-corrected chi connectivity index (χ3v) is 7.65. The first-order chi connectivity index (χ1) is 9.83. The van der Waals surface area contributed by atoms with Crippen LogP contribution < -0.4 is 5.73 Å². The van der Waals surface area contributed by atoms with E-state index in [0.29, 0.717) is 19.8 Å². The zero-order valence-electron chi connectivity index (χ0n) is 14.1. The van der Waals surface area contributed by atoms with Crippen LogP contribution in [-0.4, -0.2) is 46.0 Å². The average Bonchev–Trinajstić information content (AvgIpc) is 2.39. The van der Waals surface area contributed by atoms with Crippen LogP contribution in [0.3, 0.4) is 0 Å². The Labute approximate surface area is 134 Å². The van der Waals surface area contributed by atoms with Gasteiger partial charge in [0.05, 0.1) is 5.41 Å². The van der Waals surface area contributed by atoms with Crippen molar-refractivity contribution in [1.29, 1.82) is 0 Å². The Kier molecular flexibility index (Phi) is 10.6. The van der Waals surface area contributed by atoms with Gasteiger partial charge in [0.2, 0.25) is 5.91 Å². The number of rotatable bonds is 13. The number of nitrogens with two attached hydrogens (primary N) is 1. The highest BCUT2D eigenvalue weighted by Gasteiger charge is 2.39. The lowest BCUT2D eigenvalue weighted by molar-refractivity contribution is -0.124. The van der Waals surface area contributed by atoms with Crippen LogP contribution in [0.1, 0.15) is 41.0 Å². The fourth-order valence-corrected chi connectivity index (χ4v) is 5.80. The Morgan fingerprint density at radius 3 is 1.95 bits per heavy atom. The molecular formula is C14H31NO4SSi. The first-order valence-corrected chi connectivity index (χ1v) is 10.7. The van der Waals surface area contributed by atoms with Gasteiger partial charge in [-0.25, -0.2) is 0 Å². The normalized spacial score (nSPS) is 12.6. The standard InChI is InChI=1S/C14H31NO4SSi/c1-6-17-21(18-7-2,19-8-3)11-9-10-20-12-14(4,5)13(15)16/h6-12H2,1-5H3,(H2,15,16). The Hall–Kier alpha value is -0.0831. The lowest BCUT2D eigenvalue weighted by Crippen LogP contribution is -2.46. The van der Waals surface area contributed by atoms with Gasteiger partial charge < -0.3 is 19.0 Å². The van der Waals surface area contributed by atoms with Gasteiger partial charge in [0.15, 0.2) is 0 Å². The van der Waals surface area contributed by atoms with E-state index in [4.69, 9.17) is 19.0 Å². The third-order valence-electron chi connectivity index (χ3n) is 2.99. The van der Waals surface area contributed by atoms with Crippen LogP contribution >= 0.6 is 11.8 Å². The molecule has 0 saturated carbocycles. The van der Waals surface area contributed by atoms with E-state index < -0.39 is 14.2 Å². The second-order valence-corrected chi connectivity index (χ2v) is 9.22. The zero-order valence-corrected chi connectivity index (χ0v) is 15.9. The van der Waals surface area contributed by atoms with Crippen LogP contribution in [0.25, 0.3) is 0 Å². The van der Waals surface area contributed by atoms with Crippen molar-refractivity contribution in [3.63, 3.8) is 0 Å². The Bertz CT molecular complexity index is 286. The van der Waals surface area contributed by atoms with Gasteiger partial charge in [0.25, 0.3) is 0 Å². The quantitative estimate of drug-likeness (QED) is 0.413. The van der Waals surface area contributed by atoms with Crippen LogP contribution in [0.5, 0.6) is 0 Å². The molecule has 7 heteroatoms. The topological polar surface area (TPSA) is 70.8 Å². The fourth-order valence-electron chi connectivity index (χ4n) is 1.79. The molecule has 1 amide bonds. The maximum atomic E-state index is 11.3. The summed E-state index contributed by atoms with van der Waals surface area (Å²) in [7, 11) is -2.52. The molecule has 0 rings (SSSR count). The second kappa shape index (κ2) is 10.6. The molecular weight excluding hydrogens is 306 g/mol. The van der Waals surface area contributed by atoms with Crippen LogP contribution in [0.2, 0.25) is 6.04 Å². The van der Waals surface area contributed by atoms with Crippen molar-refractivity contribution in [2.75, 3.05) is 31.3 Å². The summed E-state index contributed by atoms with van der Waals surface area (Å²) < 4.78 is 17.4. The number of primary amides is 1. The van der Waals surface area contributed by atoms with Crippen molar-refractivity contribution in [3.05, 3.63) is 0 Å². The molecule has 21 heavy (non-hydrogen) atoms. The molecule has 0 atom stereocenters. The highest BCUT2D eigenvalue weighted by Crippen LogP contribution is 2.24.